The van der Waals surface area contributed by atoms with Gasteiger partial charge in [0.25, 0.3) is 5.56 Å². The van der Waals surface area contributed by atoms with Crippen molar-refractivity contribution in [3.05, 3.63) is 61.9 Å². The van der Waals surface area contributed by atoms with E-state index in [1.807, 2.05) is 24.4 Å². The van der Waals surface area contributed by atoms with E-state index in [2.05, 4.69) is 9.97 Å². The number of aromatic amines is 2. The number of halogens is 1. The van der Waals surface area contributed by atoms with Crippen molar-refractivity contribution in [2.45, 2.75) is 13.0 Å². The van der Waals surface area contributed by atoms with E-state index in [-0.39, 0.29) is 5.82 Å². The molecule has 0 fully saturated rings. The van der Waals surface area contributed by atoms with Crippen molar-refractivity contribution >= 4 is 28.3 Å². The first-order valence-electron chi connectivity index (χ1n) is 6.40. The second-order valence-electron chi connectivity index (χ2n) is 4.77. The maximum atomic E-state index is 11.7. The summed E-state index contributed by atoms with van der Waals surface area (Å²) in [4.78, 5) is 28.2. The normalized spacial score (nSPS) is 11.1. The molecule has 3 rings (SSSR count). The highest BCUT2D eigenvalue weighted by molar-refractivity contribution is 6.31. The van der Waals surface area contributed by atoms with E-state index in [1.54, 1.807) is 0 Å². The summed E-state index contributed by atoms with van der Waals surface area (Å²) in [6.07, 6.45) is 2.48. The topological polar surface area (TPSA) is 96.7 Å². The highest BCUT2D eigenvalue weighted by atomic mass is 35.5. The van der Waals surface area contributed by atoms with Gasteiger partial charge in [0.05, 0.1) is 0 Å². The summed E-state index contributed by atoms with van der Waals surface area (Å²) in [7, 11) is 0. The van der Waals surface area contributed by atoms with Crippen molar-refractivity contribution in [3.8, 4) is 0 Å². The molecule has 0 bridgehead atoms. The van der Waals surface area contributed by atoms with Crippen LogP contribution in [0.4, 0.5) is 5.82 Å². The minimum absolute atomic E-state index is 0.154. The Balaban J connectivity index is 1.92. The summed E-state index contributed by atoms with van der Waals surface area (Å²) in [5.41, 5.74) is 6.73. The van der Waals surface area contributed by atoms with E-state index >= 15 is 0 Å². The molecule has 3 aromatic rings. The second-order valence-corrected chi connectivity index (χ2v) is 5.21. The lowest BCUT2D eigenvalue weighted by Gasteiger charge is -2.07. The SMILES string of the molecule is Nc1cc(=O)[nH]c(=O)n1CCc1c[nH]c2ccc(Cl)cc12. The van der Waals surface area contributed by atoms with E-state index in [4.69, 9.17) is 17.3 Å². The molecule has 108 valence electrons. The lowest BCUT2D eigenvalue weighted by Crippen LogP contribution is -2.31. The molecule has 0 radical (unpaired) electrons. The number of anilines is 1. The molecule has 0 spiro atoms. The lowest BCUT2D eigenvalue weighted by atomic mass is 10.1. The molecule has 0 amide bonds. The number of nitrogens with two attached hydrogens (primary N) is 1. The summed E-state index contributed by atoms with van der Waals surface area (Å²) < 4.78 is 1.34. The maximum Gasteiger partial charge on any atom is 0.329 e. The van der Waals surface area contributed by atoms with Gasteiger partial charge in [0, 0.05) is 34.7 Å². The van der Waals surface area contributed by atoms with Crippen LogP contribution in [0.2, 0.25) is 5.02 Å². The second kappa shape index (κ2) is 5.14. The van der Waals surface area contributed by atoms with Crippen molar-refractivity contribution in [2.75, 3.05) is 5.73 Å². The third-order valence-electron chi connectivity index (χ3n) is 3.40. The van der Waals surface area contributed by atoms with Crippen LogP contribution in [0.1, 0.15) is 5.56 Å². The zero-order valence-electron chi connectivity index (χ0n) is 11.0. The largest absolute Gasteiger partial charge is 0.385 e. The van der Waals surface area contributed by atoms with Gasteiger partial charge in [0.2, 0.25) is 0 Å². The predicted octanol–water partition coefficient (Wildman–Crippen LogP) is 1.50. The van der Waals surface area contributed by atoms with Crippen molar-refractivity contribution in [3.63, 3.8) is 0 Å². The first-order valence-corrected chi connectivity index (χ1v) is 6.77. The van der Waals surface area contributed by atoms with Crippen LogP contribution in [0.3, 0.4) is 0 Å². The fourth-order valence-electron chi connectivity index (χ4n) is 2.36. The monoisotopic (exact) mass is 304 g/mol. The van der Waals surface area contributed by atoms with Gasteiger partial charge in [-0.1, -0.05) is 11.6 Å². The average molecular weight is 305 g/mol. The molecule has 0 aliphatic rings. The molecule has 0 atom stereocenters. The average Bonchev–Trinajstić information content (AvgIpc) is 2.80. The Kier molecular flexibility index (Phi) is 3.31. The van der Waals surface area contributed by atoms with Gasteiger partial charge in [-0.15, -0.1) is 0 Å². The van der Waals surface area contributed by atoms with Crippen LogP contribution in [-0.2, 0) is 13.0 Å². The van der Waals surface area contributed by atoms with E-state index in [9.17, 15) is 9.59 Å². The summed E-state index contributed by atoms with van der Waals surface area (Å²) in [6, 6.07) is 6.80. The predicted molar refractivity (Wildman–Crippen MR) is 82.7 cm³/mol. The Bertz CT molecular complexity index is 923. The molecule has 0 aliphatic carbocycles. The number of nitrogens with one attached hydrogen (secondary N) is 2. The van der Waals surface area contributed by atoms with Crippen LogP contribution in [0, 0.1) is 0 Å². The molecule has 1 aromatic carbocycles. The number of H-pyrrole nitrogens is 2. The minimum atomic E-state index is -0.502. The number of nitrogens with zero attached hydrogens (tertiary/aromatic N) is 1. The van der Waals surface area contributed by atoms with E-state index in [0.717, 1.165) is 16.5 Å². The maximum absolute atomic E-state index is 11.7. The van der Waals surface area contributed by atoms with Crippen LogP contribution < -0.4 is 17.0 Å². The number of aryl methyl sites for hydroxylation is 1. The molecular weight excluding hydrogens is 292 g/mol. The molecular formula is C14H13ClN4O2. The molecule has 21 heavy (non-hydrogen) atoms. The molecule has 0 saturated carbocycles. The third kappa shape index (κ3) is 2.57. The minimum Gasteiger partial charge on any atom is -0.385 e. The summed E-state index contributed by atoms with van der Waals surface area (Å²) in [6.45, 7) is 0.376. The number of hydrogen-bond donors (Lipinski definition) is 3. The molecule has 0 unspecified atom stereocenters. The Morgan fingerprint density at radius 3 is 2.81 bits per heavy atom. The van der Waals surface area contributed by atoms with E-state index in [1.165, 1.54) is 10.6 Å². The van der Waals surface area contributed by atoms with Crippen molar-refractivity contribution in [1.29, 1.82) is 0 Å². The first-order chi connectivity index (χ1) is 10.0. The van der Waals surface area contributed by atoms with Crippen LogP contribution in [0.5, 0.6) is 0 Å². The third-order valence-corrected chi connectivity index (χ3v) is 3.64. The molecule has 4 N–H and O–H groups in total. The zero-order valence-corrected chi connectivity index (χ0v) is 11.8. The summed E-state index contributed by atoms with van der Waals surface area (Å²) in [5, 5.41) is 1.67. The number of hydrogen-bond acceptors (Lipinski definition) is 3. The highest BCUT2D eigenvalue weighted by Gasteiger charge is 2.07. The van der Waals surface area contributed by atoms with Crippen LogP contribution in [0.15, 0.2) is 40.1 Å². The molecule has 7 heteroatoms. The van der Waals surface area contributed by atoms with Gasteiger partial charge >= 0.3 is 5.69 Å². The standard InChI is InChI=1S/C14H13ClN4O2/c15-9-1-2-11-10(5-9)8(7-17-11)3-4-19-12(16)6-13(20)18-14(19)21/h1-2,5-7,17H,3-4,16H2,(H,18,20,21). The smallest absolute Gasteiger partial charge is 0.329 e. The number of aromatic nitrogens is 3. The summed E-state index contributed by atoms with van der Waals surface area (Å²) >= 11 is 6.00. The fraction of sp³-hybridized carbons (Fsp3) is 0.143. The van der Waals surface area contributed by atoms with Gasteiger partial charge in [0.1, 0.15) is 5.82 Å². The molecule has 6 nitrogen and oxygen atoms in total. The van der Waals surface area contributed by atoms with E-state index in [0.29, 0.717) is 18.0 Å². The highest BCUT2D eigenvalue weighted by Crippen LogP contribution is 2.23. The molecule has 0 saturated heterocycles. The van der Waals surface area contributed by atoms with Gasteiger partial charge in [-0.3, -0.25) is 14.3 Å². The van der Waals surface area contributed by atoms with Gasteiger partial charge < -0.3 is 10.7 Å². The molecule has 2 heterocycles. The van der Waals surface area contributed by atoms with Crippen molar-refractivity contribution < 1.29 is 0 Å². The van der Waals surface area contributed by atoms with Crippen LogP contribution in [-0.4, -0.2) is 14.5 Å². The quantitative estimate of drug-likeness (QED) is 0.684. The van der Waals surface area contributed by atoms with Crippen molar-refractivity contribution in [2.24, 2.45) is 0 Å². The van der Waals surface area contributed by atoms with Crippen molar-refractivity contribution in [1.82, 2.24) is 14.5 Å². The Morgan fingerprint density at radius 1 is 1.24 bits per heavy atom. The fourth-order valence-corrected chi connectivity index (χ4v) is 2.53. The summed E-state index contributed by atoms with van der Waals surface area (Å²) in [5.74, 6) is 0.154. The number of rotatable bonds is 3. The Hall–Kier alpha value is -2.47. The van der Waals surface area contributed by atoms with Crippen LogP contribution in [0.25, 0.3) is 10.9 Å². The van der Waals surface area contributed by atoms with E-state index < -0.39 is 11.2 Å². The van der Waals surface area contributed by atoms with Gasteiger partial charge in [-0.2, -0.15) is 0 Å². The van der Waals surface area contributed by atoms with Crippen LogP contribution >= 0.6 is 11.6 Å². The van der Waals surface area contributed by atoms with Gasteiger partial charge in [-0.25, -0.2) is 4.79 Å². The first kappa shape index (κ1) is 13.5. The van der Waals surface area contributed by atoms with Gasteiger partial charge in [0.15, 0.2) is 0 Å². The molecule has 0 aliphatic heterocycles. The number of nitrogen functional groups attached to an aromatic ring is 1. The zero-order chi connectivity index (χ0) is 15.0. The number of fused-ring (bicyclic) bond motifs is 1. The molecule has 2 aromatic heterocycles. The lowest BCUT2D eigenvalue weighted by molar-refractivity contribution is 0.657. The van der Waals surface area contributed by atoms with Gasteiger partial charge in [-0.05, 0) is 30.2 Å². The Labute approximate surface area is 124 Å². The Morgan fingerprint density at radius 2 is 2.05 bits per heavy atom. The number of benzene rings is 1.